The Morgan fingerprint density at radius 3 is 2.65 bits per heavy atom. The van der Waals surface area contributed by atoms with Gasteiger partial charge in [-0.15, -0.1) is 0 Å². The Kier molecular flexibility index (Phi) is 4.71. The maximum Gasteiger partial charge on any atom is 0.321 e. The van der Waals surface area contributed by atoms with E-state index in [-0.39, 0.29) is 17.2 Å². The fourth-order valence-corrected chi connectivity index (χ4v) is 3.53. The van der Waals surface area contributed by atoms with Crippen LogP contribution in [0.15, 0.2) is 17.2 Å². The van der Waals surface area contributed by atoms with Gasteiger partial charge in [0.25, 0.3) is 0 Å². The van der Waals surface area contributed by atoms with E-state index in [9.17, 15) is 18.3 Å². The van der Waals surface area contributed by atoms with E-state index in [1.54, 1.807) is 18.7 Å². The molecule has 0 aliphatic carbocycles. The van der Waals surface area contributed by atoms with Crippen LogP contribution in [0.25, 0.3) is 11.0 Å². The monoisotopic (exact) mass is 340 g/mol. The maximum absolute atomic E-state index is 12.4. The molecule has 2 rings (SSSR count). The normalized spacial score (nSPS) is 13.6. The summed E-state index contributed by atoms with van der Waals surface area (Å²) in [6.45, 7) is 5.42. The Balaban J connectivity index is 2.39. The average Bonchev–Trinajstić information content (AvgIpc) is 2.72. The summed E-state index contributed by atoms with van der Waals surface area (Å²) in [5.74, 6) is -1.16. The van der Waals surface area contributed by atoms with Crippen LogP contribution < -0.4 is 4.72 Å². The highest BCUT2D eigenvalue weighted by atomic mass is 32.2. The van der Waals surface area contributed by atoms with Gasteiger partial charge in [0.2, 0.25) is 10.0 Å². The molecule has 2 heterocycles. The third-order valence-corrected chi connectivity index (χ3v) is 4.89. The van der Waals surface area contributed by atoms with Gasteiger partial charge in [0.15, 0.2) is 5.65 Å². The molecule has 2 N–H and O–H groups in total. The van der Waals surface area contributed by atoms with Crippen molar-refractivity contribution in [3.8, 4) is 0 Å². The largest absolute Gasteiger partial charge is 0.480 e. The first-order valence-electron chi connectivity index (χ1n) is 7.16. The number of nitrogens with one attached hydrogen (secondary N) is 1. The van der Waals surface area contributed by atoms with E-state index in [0.29, 0.717) is 16.7 Å². The summed E-state index contributed by atoms with van der Waals surface area (Å²) < 4.78 is 28.7. The molecule has 0 amide bonds. The summed E-state index contributed by atoms with van der Waals surface area (Å²) in [6, 6.07) is 0.284. The molecule has 0 fully saturated rings. The second-order valence-corrected chi connectivity index (χ2v) is 7.61. The van der Waals surface area contributed by atoms with Gasteiger partial charge in [-0.25, -0.2) is 13.4 Å². The van der Waals surface area contributed by atoms with E-state index in [0.717, 1.165) is 0 Å². The minimum atomic E-state index is -3.98. The molecule has 2 aromatic heterocycles. The number of hydrogen-bond acceptors (Lipinski definition) is 5. The molecule has 0 saturated carbocycles. The zero-order chi connectivity index (χ0) is 17.4. The van der Waals surface area contributed by atoms with Gasteiger partial charge in [0, 0.05) is 18.6 Å². The molecule has 0 radical (unpaired) electrons. The lowest BCUT2D eigenvalue weighted by molar-refractivity contribution is -0.139. The van der Waals surface area contributed by atoms with Crippen LogP contribution in [-0.2, 0) is 21.9 Å². The molecule has 9 heteroatoms. The second kappa shape index (κ2) is 6.25. The molecular weight excluding hydrogens is 320 g/mol. The quantitative estimate of drug-likeness (QED) is 0.812. The molecule has 0 aliphatic rings. The van der Waals surface area contributed by atoms with Crippen LogP contribution in [0.3, 0.4) is 0 Å². The average molecular weight is 340 g/mol. The van der Waals surface area contributed by atoms with E-state index in [1.165, 1.54) is 12.3 Å². The van der Waals surface area contributed by atoms with E-state index in [1.807, 2.05) is 13.8 Å². The number of aryl methyl sites for hydroxylation is 2. The third kappa shape index (κ3) is 3.67. The van der Waals surface area contributed by atoms with E-state index >= 15 is 0 Å². The summed E-state index contributed by atoms with van der Waals surface area (Å²) in [4.78, 5) is 15.3. The molecule has 8 nitrogen and oxygen atoms in total. The highest BCUT2D eigenvalue weighted by Crippen LogP contribution is 2.20. The molecule has 0 aliphatic heterocycles. The number of pyridine rings is 1. The highest BCUT2D eigenvalue weighted by Gasteiger charge is 2.27. The van der Waals surface area contributed by atoms with E-state index < -0.39 is 22.0 Å². The first-order chi connectivity index (χ1) is 10.6. The smallest absolute Gasteiger partial charge is 0.321 e. The molecule has 23 heavy (non-hydrogen) atoms. The minimum absolute atomic E-state index is 0.0416. The number of sulfonamides is 1. The number of aliphatic carboxylic acids is 1. The molecule has 0 saturated heterocycles. The topological polar surface area (TPSA) is 114 Å². The van der Waals surface area contributed by atoms with Crippen LogP contribution in [-0.4, -0.2) is 40.3 Å². The number of rotatable bonds is 6. The van der Waals surface area contributed by atoms with Crippen molar-refractivity contribution in [2.75, 3.05) is 0 Å². The predicted molar refractivity (Wildman–Crippen MR) is 84.4 cm³/mol. The molecule has 1 atom stereocenters. The second-order valence-electron chi connectivity index (χ2n) is 5.89. The fourth-order valence-electron chi connectivity index (χ4n) is 2.36. The lowest BCUT2D eigenvalue weighted by Gasteiger charge is -2.16. The summed E-state index contributed by atoms with van der Waals surface area (Å²) >= 11 is 0. The van der Waals surface area contributed by atoms with Crippen LogP contribution >= 0.6 is 0 Å². The minimum Gasteiger partial charge on any atom is -0.480 e. The Morgan fingerprint density at radius 1 is 1.43 bits per heavy atom. The van der Waals surface area contributed by atoms with Crippen molar-refractivity contribution < 1.29 is 18.3 Å². The molecule has 2 aromatic rings. The van der Waals surface area contributed by atoms with Crippen molar-refractivity contribution >= 4 is 27.0 Å². The Bertz CT molecular complexity index is 842. The van der Waals surface area contributed by atoms with Gasteiger partial charge >= 0.3 is 5.97 Å². The van der Waals surface area contributed by atoms with Gasteiger partial charge in [-0.2, -0.15) is 9.82 Å². The number of aromatic nitrogens is 3. The standard InChI is InChI=1S/C14H20N4O4S/c1-8(2)5-12(14(19)20)17-23(21,22)10-6-11-9(3)16-18(4)13(11)15-7-10/h6-8,12,17H,5H2,1-4H3,(H,19,20)/t12-/m1/s1. The summed E-state index contributed by atoms with van der Waals surface area (Å²) in [7, 11) is -2.26. The van der Waals surface area contributed by atoms with Crippen molar-refractivity contribution in [3.63, 3.8) is 0 Å². The number of carboxylic acid groups (broad SMARTS) is 1. The molecule has 0 unspecified atom stereocenters. The fraction of sp³-hybridized carbons (Fsp3) is 0.500. The van der Waals surface area contributed by atoms with Crippen LogP contribution in [0.1, 0.15) is 26.0 Å². The van der Waals surface area contributed by atoms with Crippen molar-refractivity contribution in [1.29, 1.82) is 0 Å². The first kappa shape index (κ1) is 17.4. The predicted octanol–water partition coefficient (Wildman–Crippen LogP) is 1.05. The van der Waals surface area contributed by atoms with Gasteiger partial charge in [0.1, 0.15) is 10.9 Å². The Hall–Kier alpha value is -2.00. The number of hydrogen-bond donors (Lipinski definition) is 2. The highest BCUT2D eigenvalue weighted by molar-refractivity contribution is 7.89. The first-order valence-corrected chi connectivity index (χ1v) is 8.64. The summed E-state index contributed by atoms with van der Waals surface area (Å²) in [5, 5.41) is 14.0. The SMILES string of the molecule is Cc1nn(C)c2ncc(S(=O)(=O)N[C@H](CC(C)C)C(=O)O)cc12. The van der Waals surface area contributed by atoms with Gasteiger partial charge in [-0.05, 0) is 25.3 Å². The van der Waals surface area contributed by atoms with Crippen LogP contribution in [0.5, 0.6) is 0 Å². The maximum atomic E-state index is 12.4. The van der Waals surface area contributed by atoms with Crippen LogP contribution in [0.2, 0.25) is 0 Å². The number of carboxylic acids is 1. The lowest BCUT2D eigenvalue weighted by atomic mass is 10.1. The van der Waals surface area contributed by atoms with E-state index in [4.69, 9.17) is 0 Å². The molecular formula is C14H20N4O4S. The summed E-state index contributed by atoms with van der Waals surface area (Å²) in [5.41, 5.74) is 1.22. The number of fused-ring (bicyclic) bond motifs is 1. The Morgan fingerprint density at radius 2 is 2.09 bits per heavy atom. The van der Waals surface area contributed by atoms with Crippen LogP contribution in [0.4, 0.5) is 0 Å². The van der Waals surface area contributed by atoms with Gasteiger partial charge in [-0.1, -0.05) is 13.8 Å². The van der Waals surface area contributed by atoms with Crippen LogP contribution in [0, 0.1) is 12.8 Å². The van der Waals surface area contributed by atoms with E-state index in [2.05, 4.69) is 14.8 Å². The van der Waals surface area contributed by atoms with Crippen molar-refractivity contribution in [3.05, 3.63) is 18.0 Å². The molecule has 126 valence electrons. The lowest BCUT2D eigenvalue weighted by Crippen LogP contribution is -2.41. The van der Waals surface area contributed by atoms with Gasteiger partial charge in [-0.3, -0.25) is 9.48 Å². The van der Waals surface area contributed by atoms with Crippen molar-refractivity contribution in [1.82, 2.24) is 19.5 Å². The molecule has 0 spiro atoms. The summed E-state index contributed by atoms with van der Waals surface area (Å²) in [6.07, 6.45) is 1.41. The van der Waals surface area contributed by atoms with Gasteiger partial charge < -0.3 is 5.11 Å². The number of carbonyl (C=O) groups is 1. The third-order valence-electron chi connectivity index (χ3n) is 3.45. The van der Waals surface area contributed by atoms with Crippen molar-refractivity contribution in [2.45, 2.75) is 38.1 Å². The van der Waals surface area contributed by atoms with Crippen molar-refractivity contribution in [2.24, 2.45) is 13.0 Å². The zero-order valence-electron chi connectivity index (χ0n) is 13.4. The zero-order valence-corrected chi connectivity index (χ0v) is 14.3. The molecule has 0 bridgehead atoms. The molecule has 0 aromatic carbocycles. The van der Waals surface area contributed by atoms with Gasteiger partial charge in [0.05, 0.1) is 5.69 Å². The Labute approximate surface area is 134 Å². The number of nitrogens with zero attached hydrogens (tertiary/aromatic N) is 3.